The molecule has 2 unspecified atom stereocenters. The summed E-state index contributed by atoms with van der Waals surface area (Å²) in [6, 6.07) is 3.01. The quantitative estimate of drug-likeness (QED) is 0.357. The first-order valence-electron chi connectivity index (χ1n) is 3.83. The van der Waals surface area contributed by atoms with E-state index in [1.54, 1.807) is 0 Å². The lowest BCUT2D eigenvalue weighted by atomic mass is 10.1. The first-order chi connectivity index (χ1) is 6.91. The number of carbonyl (C=O) groups is 1. The molecule has 0 aliphatic heterocycles. The van der Waals surface area contributed by atoms with Crippen molar-refractivity contribution < 1.29 is 25.7 Å². The Morgan fingerprint density at radius 1 is 1.13 bits per heavy atom. The highest BCUT2D eigenvalue weighted by molar-refractivity contribution is 5.94. The van der Waals surface area contributed by atoms with Gasteiger partial charge in [0.2, 0.25) is 5.91 Å². The van der Waals surface area contributed by atoms with Crippen molar-refractivity contribution in [3.8, 4) is 0 Å². The number of amides is 1. The smallest absolute Gasteiger partial charge is 0.249 e. The molecule has 82 valence electrons. The van der Waals surface area contributed by atoms with Crippen molar-refractivity contribution in [3.63, 3.8) is 0 Å². The molecule has 15 heavy (non-hydrogen) atoms. The summed E-state index contributed by atoms with van der Waals surface area (Å²) in [7, 11) is 0. The molecule has 0 aromatic heterocycles. The molecule has 0 saturated carbocycles. The SMILES string of the molecule is NC(=O)c1cc([NH+]([O-])O)cc([NH+]([O-])O)c1. The van der Waals surface area contributed by atoms with Gasteiger partial charge in [-0.3, -0.25) is 4.79 Å². The van der Waals surface area contributed by atoms with Crippen LogP contribution in [0.4, 0.5) is 11.4 Å². The molecule has 2 atom stereocenters. The van der Waals surface area contributed by atoms with Gasteiger partial charge in [0.15, 0.2) is 11.4 Å². The lowest BCUT2D eigenvalue weighted by molar-refractivity contribution is -0.996. The van der Waals surface area contributed by atoms with Crippen LogP contribution in [0, 0.1) is 10.4 Å². The lowest BCUT2D eigenvalue weighted by Gasteiger charge is -2.16. The molecule has 0 bridgehead atoms. The normalized spacial score (nSPS) is 14.7. The summed E-state index contributed by atoms with van der Waals surface area (Å²) in [4.78, 5) is 10.8. The number of primary amides is 1. The van der Waals surface area contributed by atoms with Crippen LogP contribution in [0.1, 0.15) is 10.4 Å². The average Bonchev–Trinajstić information content (AvgIpc) is 2.16. The molecule has 1 aromatic carbocycles. The molecule has 6 N–H and O–H groups in total. The van der Waals surface area contributed by atoms with E-state index in [9.17, 15) is 15.2 Å². The van der Waals surface area contributed by atoms with Crippen molar-refractivity contribution in [1.82, 2.24) is 0 Å². The van der Waals surface area contributed by atoms with E-state index in [1.807, 2.05) is 0 Å². The molecule has 1 aromatic rings. The number of nitrogens with one attached hydrogen (secondary N) is 2. The van der Waals surface area contributed by atoms with Crippen LogP contribution >= 0.6 is 0 Å². The standard InChI is InChI=1S/C7H9N3O5/c8-7(11)4-1-5(9(12)13)3-6(2-4)10(14)15/h1-3,9-10,12,14H,(H2,8,11). The Morgan fingerprint density at radius 2 is 1.53 bits per heavy atom. The minimum atomic E-state index is -1.32. The summed E-state index contributed by atoms with van der Waals surface area (Å²) in [5.41, 5.74) is 4.20. The van der Waals surface area contributed by atoms with E-state index in [1.165, 1.54) is 0 Å². The molecular weight excluding hydrogens is 206 g/mol. The van der Waals surface area contributed by atoms with Gasteiger partial charge >= 0.3 is 0 Å². The van der Waals surface area contributed by atoms with Crippen LogP contribution < -0.4 is 16.2 Å². The Labute approximate surface area is 83.8 Å². The van der Waals surface area contributed by atoms with Crippen molar-refractivity contribution >= 4 is 17.3 Å². The fourth-order valence-corrected chi connectivity index (χ4v) is 1.02. The minimum absolute atomic E-state index is 0.146. The summed E-state index contributed by atoms with van der Waals surface area (Å²) >= 11 is 0. The monoisotopic (exact) mass is 215 g/mol. The number of quaternary nitrogens is 2. The van der Waals surface area contributed by atoms with E-state index in [0.717, 1.165) is 18.2 Å². The Morgan fingerprint density at radius 3 is 1.80 bits per heavy atom. The predicted molar refractivity (Wildman–Crippen MR) is 46.5 cm³/mol. The first-order valence-corrected chi connectivity index (χ1v) is 3.83. The zero-order valence-electron chi connectivity index (χ0n) is 7.43. The van der Waals surface area contributed by atoms with Crippen molar-refractivity contribution in [3.05, 3.63) is 34.2 Å². The molecule has 0 heterocycles. The topological polar surface area (TPSA) is 139 Å². The van der Waals surface area contributed by atoms with Gasteiger partial charge in [-0.1, -0.05) is 0 Å². The molecule has 1 rings (SSSR count). The number of rotatable bonds is 3. The van der Waals surface area contributed by atoms with Crippen LogP contribution in [0.25, 0.3) is 0 Å². The number of hydrogen-bond acceptors (Lipinski definition) is 5. The molecule has 0 aliphatic rings. The maximum absolute atomic E-state index is 10.8. The summed E-state index contributed by atoms with van der Waals surface area (Å²) < 4.78 is 0. The number of carbonyl (C=O) groups excluding carboxylic acids is 1. The first kappa shape index (κ1) is 11.5. The summed E-state index contributed by atoms with van der Waals surface area (Å²) in [6.07, 6.45) is 0. The zero-order valence-corrected chi connectivity index (χ0v) is 7.43. The lowest BCUT2D eigenvalue weighted by Crippen LogP contribution is -3.00. The van der Waals surface area contributed by atoms with Crippen molar-refractivity contribution in [2.24, 2.45) is 5.73 Å². The highest BCUT2D eigenvalue weighted by Crippen LogP contribution is 2.12. The van der Waals surface area contributed by atoms with Gasteiger partial charge in [0.25, 0.3) is 0 Å². The van der Waals surface area contributed by atoms with Crippen LogP contribution in [0.5, 0.6) is 0 Å². The number of nitrogens with two attached hydrogens (primary N) is 1. The molecular formula is C7H9N3O5. The van der Waals surface area contributed by atoms with Gasteiger partial charge in [0.05, 0.1) is 11.6 Å². The van der Waals surface area contributed by atoms with Gasteiger partial charge in [0, 0.05) is 12.1 Å². The van der Waals surface area contributed by atoms with Crippen molar-refractivity contribution in [1.29, 1.82) is 0 Å². The van der Waals surface area contributed by atoms with Gasteiger partial charge in [0.1, 0.15) is 0 Å². The third-order valence-corrected chi connectivity index (χ3v) is 1.71. The van der Waals surface area contributed by atoms with E-state index >= 15 is 0 Å². The van der Waals surface area contributed by atoms with E-state index in [-0.39, 0.29) is 16.9 Å². The van der Waals surface area contributed by atoms with Crippen molar-refractivity contribution in [2.45, 2.75) is 0 Å². The molecule has 0 radical (unpaired) electrons. The molecule has 0 spiro atoms. The highest BCUT2D eigenvalue weighted by atomic mass is 16.8. The highest BCUT2D eigenvalue weighted by Gasteiger charge is 2.13. The number of benzene rings is 1. The Bertz CT molecular complexity index is 353. The Hall–Kier alpha value is -1.55. The molecule has 0 saturated heterocycles. The maximum Gasteiger partial charge on any atom is 0.249 e. The average molecular weight is 215 g/mol. The second-order valence-corrected chi connectivity index (χ2v) is 2.77. The molecule has 8 heteroatoms. The molecule has 1 amide bonds. The summed E-state index contributed by atoms with van der Waals surface area (Å²) in [5.74, 6) is -0.874. The van der Waals surface area contributed by atoms with Crippen LogP contribution in [0.15, 0.2) is 18.2 Å². The zero-order chi connectivity index (χ0) is 11.6. The summed E-state index contributed by atoms with van der Waals surface area (Å²) in [5, 5.41) is 35.9. The van der Waals surface area contributed by atoms with Gasteiger partial charge in [-0.2, -0.15) is 10.5 Å². The van der Waals surface area contributed by atoms with Crippen molar-refractivity contribution in [2.75, 3.05) is 0 Å². The van der Waals surface area contributed by atoms with E-state index in [4.69, 9.17) is 16.1 Å². The van der Waals surface area contributed by atoms with Gasteiger partial charge in [-0.05, 0) is 0 Å². The van der Waals surface area contributed by atoms with Gasteiger partial charge in [-0.25, -0.2) is 10.4 Å². The van der Waals surface area contributed by atoms with Crippen LogP contribution in [-0.2, 0) is 0 Å². The second-order valence-electron chi connectivity index (χ2n) is 2.77. The van der Waals surface area contributed by atoms with Crippen LogP contribution in [0.3, 0.4) is 0 Å². The fourth-order valence-electron chi connectivity index (χ4n) is 1.02. The van der Waals surface area contributed by atoms with E-state index in [0.29, 0.717) is 0 Å². The number of hydrogen-bond donors (Lipinski definition) is 5. The van der Waals surface area contributed by atoms with Crippen LogP contribution in [-0.4, -0.2) is 16.3 Å². The minimum Gasteiger partial charge on any atom is -0.595 e. The van der Waals surface area contributed by atoms with Crippen LogP contribution in [0.2, 0.25) is 0 Å². The van der Waals surface area contributed by atoms with Gasteiger partial charge < -0.3 is 16.1 Å². The fraction of sp³-hybridized carbons (Fsp3) is 0. The van der Waals surface area contributed by atoms with Gasteiger partial charge in [-0.15, -0.1) is 0 Å². The van der Waals surface area contributed by atoms with E-state index in [2.05, 4.69) is 0 Å². The third kappa shape index (κ3) is 2.70. The maximum atomic E-state index is 10.8. The summed E-state index contributed by atoms with van der Waals surface area (Å²) in [6.45, 7) is 0. The largest absolute Gasteiger partial charge is 0.595 e. The second kappa shape index (κ2) is 4.31. The third-order valence-electron chi connectivity index (χ3n) is 1.71. The molecule has 0 fully saturated rings. The predicted octanol–water partition coefficient (Wildman–Crippen LogP) is -2.41. The Kier molecular flexibility index (Phi) is 3.31. The molecule has 8 nitrogen and oxygen atoms in total. The van der Waals surface area contributed by atoms with E-state index < -0.39 is 16.4 Å². The molecule has 0 aliphatic carbocycles. The Balaban J connectivity index is 3.26.